The summed E-state index contributed by atoms with van der Waals surface area (Å²) in [6.45, 7) is 4.63. The van der Waals surface area contributed by atoms with E-state index < -0.39 is 11.6 Å². The Labute approximate surface area is 197 Å². The minimum atomic E-state index is -1.02. The lowest BCUT2D eigenvalue weighted by Crippen LogP contribution is -2.00. The molecule has 0 spiro atoms. The molecule has 0 fully saturated rings. The molecule has 0 N–H and O–H groups in total. The van der Waals surface area contributed by atoms with Gasteiger partial charge in [0.25, 0.3) is 0 Å². The Morgan fingerprint density at radius 2 is 1.35 bits per heavy atom. The maximum absolute atomic E-state index is 14.7. The van der Waals surface area contributed by atoms with Gasteiger partial charge in [-0.2, -0.15) is 4.39 Å². The SMILES string of the molecule is CCOCc1ccc(-c2ccc(COc3ccc(-c4ccc(C)cc4)c(F)c3F)cc2)cc1F. The monoisotopic (exact) mass is 462 g/mol. The Kier molecular flexibility index (Phi) is 7.33. The highest BCUT2D eigenvalue weighted by molar-refractivity contribution is 5.66. The Balaban J connectivity index is 1.44. The topological polar surface area (TPSA) is 18.5 Å². The zero-order valence-electron chi connectivity index (χ0n) is 19.1. The Morgan fingerprint density at radius 1 is 0.676 bits per heavy atom. The van der Waals surface area contributed by atoms with Crippen molar-refractivity contribution >= 4 is 0 Å². The standard InChI is InChI=1S/C29H25F3O2/c1-3-33-18-24-13-12-23(16-26(24)30)21-10-6-20(7-11-21)17-34-27-15-14-25(28(31)29(27)32)22-8-4-19(2)5-9-22/h4-16H,3,17-18H2,1-2H3. The van der Waals surface area contributed by atoms with Crippen molar-refractivity contribution < 1.29 is 22.6 Å². The fourth-order valence-corrected chi connectivity index (χ4v) is 3.61. The molecule has 0 aliphatic heterocycles. The highest BCUT2D eigenvalue weighted by Gasteiger charge is 2.16. The van der Waals surface area contributed by atoms with Crippen LogP contribution in [-0.2, 0) is 18.0 Å². The van der Waals surface area contributed by atoms with Crippen LogP contribution in [0.15, 0.2) is 78.9 Å². The van der Waals surface area contributed by atoms with E-state index in [0.717, 1.165) is 22.3 Å². The summed E-state index contributed by atoms with van der Waals surface area (Å²) < 4.78 is 54.4. The summed E-state index contributed by atoms with van der Waals surface area (Å²) >= 11 is 0. The van der Waals surface area contributed by atoms with Crippen molar-refractivity contribution in [3.8, 4) is 28.0 Å². The number of aryl methyl sites for hydroxylation is 1. The van der Waals surface area contributed by atoms with Gasteiger partial charge in [-0.3, -0.25) is 0 Å². The van der Waals surface area contributed by atoms with E-state index in [0.29, 0.717) is 17.7 Å². The zero-order valence-corrected chi connectivity index (χ0v) is 19.1. The second kappa shape index (κ2) is 10.6. The van der Waals surface area contributed by atoms with Crippen LogP contribution in [0.4, 0.5) is 13.2 Å². The maximum Gasteiger partial charge on any atom is 0.201 e. The molecular weight excluding hydrogens is 437 g/mol. The van der Waals surface area contributed by atoms with Crippen molar-refractivity contribution in [1.29, 1.82) is 0 Å². The van der Waals surface area contributed by atoms with Crippen LogP contribution in [0.25, 0.3) is 22.3 Å². The minimum Gasteiger partial charge on any atom is -0.486 e. The van der Waals surface area contributed by atoms with E-state index in [2.05, 4.69) is 0 Å². The smallest absolute Gasteiger partial charge is 0.201 e. The van der Waals surface area contributed by atoms with Crippen LogP contribution >= 0.6 is 0 Å². The van der Waals surface area contributed by atoms with Gasteiger partial charge in [0.1, 0.15) is 12.4 Å². The quantitative estimate of drug-likeness (QED) is 0.265. The lowest BCUT2D eigenvalue weighted by Gasteiger charge is -2.11. The summed E-state index contributed by atoms with van der Waals surface area (Å²) in [5, 5.41) is 0. The number of halogens is 3. The Morgan fingerprint density at radius 3 is 2.03 bits per heavy atom. The summed E-state index contributed by atoms with van der Waals surface area (Å²) in [4.78, 5) is 0. The van der Waals surface area contributed by atoms with Crippen LogP contribution in [0, 0.1) is 24.4 Å². The van der Waals surface area contributed by atoms with E-state index in [1.54, 1.807) is 18.2 Å². The van der Waals surface area contributed by atoms with E-state index in [-0.39, 0.29) is 30.3 Å². The van der Waals surface area contributed by atoms with E-state index in [9.17, 15) is 13.2 Å². The van der Waals surface area contributed by atoms with Crippen LogP contribution < -0.4 is 4.74 Å². The third-order valence-corrected chi connectivity index (χ3v) is 5.61. The molecule has 5 heteroatoms. The summed E-state index contributed by atoms with van der Waals surface area (Å²) in [5.74, 6) is -2.42. The highest BCUT2D eigenvalue weighted by atomic mass is 19.2. The van der Waals surface area contributed by atoms with Crippen molar-refractivity contribution in [1.82, 2.24) is 0 Å². The van der Waals surface area contributed by atoms with Gasteiger partial charge in [-0.25, -0.2) is 8.78 Å². The first-order chi connectivity index (χ1) is 16.5. The average molecular weight is 463 g/mol. The average Bonchev–Trinajstić information content (AvgIpc) is 2.85. The molecule has 0 saturated carbocycles. The molecule has 0 unspecified atom stereocenters. The molecule has 34 heavy (non-hydrogen) atoms. The van der Waals surface area contributed by atoms with E-state index >= 15 is 0 Å². The van der Waals surface area contributed by atoms with Gasteiger partial charge in [-0.05, 0) is 54.3 Å². The molecule has 4 aromatic carbocycles. The summed E-state index contributed by atoms with van der Waals surface area (Å²) in [7, 11) is 0. The third kappa shape index (κ3) is 5.32. The van der Waals surface area contributed by atoms with Gasteiger partial charge in [0.15, 0.2) is 11.6 Å². The molecule has 2 nitrogen and oxygen atoms in total. The molecule has 4 rings (SSSR count). The van der Waals surface area contributed by atoms with Gasteiger partial charge in [0.2, 0.25) is 5.82 Å². The molecule has 4 aromatic rings. The van der Waals surface area contributed by atoms with Gasteiger partial charge >= 0.3 is 0 Å². The Bertz CT molecular complexity index is 1270. The normalized spacial score (nSPS) is 11.0. The van der Waals surface area contributed by atoms with Crippen molar-refractivity contribution in [2.24, 2.45) is 0 Å². The van der Waals surface area contributed by atoms with Gasteiger partial charge in [0.05, 0.1) is 6.61 Å². The van der Waals surface area contributed by atoms with Crippen LogP contribution in [0.1, 0.15) is 23.6 Å². The van der Waals surface area contributed by atoms with Crippen molar-refractivity contribution in [2.75, 3.05) is 6.61 Å². The first kappa shape index (κ1) is 23.6. The number of hydrogen-bond acceptors (Lipinski definition) is 2. The molecule has 0 amide bonds. The predicted molar refractivity (Wildman–Crippen MR) is 128 cm³/mol. The van der Waals surface area contributed by atoms with Crippen LogP contribution in [0.2, 0.25) is 0 Å². The maximum atomic E-state index is 14.7. The minimum absolute atomic E-state index is 0.0716. The molecule has 0 bridgehead atoms. The largest absolute Gasteiger partial charge is 0.486 e. The molecule has 0 saturated heterocycles. The fraction of sp³-hybridized carbons (Fsp3) is 0.172. The van der Waals surface area contributed by atoms with Crippen LogP contribution in [-0.4, -0.2) is 6.61 Å². The molecule has 0 radical (unpaired) electrons. The third-order valence-electron chi connectivity index (χ3n) is 5.61. The fourth-order valence-electron chi connectivity index (χ4n) is 3.61. The molecule has 0 aliphatic carbocycles. The van der Waals surface area contributed by atoms with E-state index in [1.807, 2.05) is 56.3 Å². The molecule has 0 aromatic heterocycles. The van der Waals surface area contributed by atoms with Gasteiger partial charge in [-0.15, -0.1) is 0 Å². The Hall–Kier alpha value is -3.57. The first-order valence-corrected chi connectivity index (χ1v) is 11.1. The van der Waals surface area contributed by atoms with Gasteiger partial charge in [-0.1, -0.05) is 66.2 Å². The zero-order chi connectivity index (χ0) is 24.1. The molecule has 0 aliphatic rings. The number of ether oxygens (including phenoxy) is 2. The van der Waals surface area contributed by atoms with Crippen molar-refractivity contribution in [3.05, 3.63) is 113 Å². The summed E-state index contributed by atoms with van der Waals surface area (Å²) in [6, 6.07) is 22.5. The van der Waals surface area contributed by atoms with Gasteiger partial charge in [0, 0.05) is 17.7 Å². The molecular formula is C29H25F3O2. The second-order valence-electron chi connectivity index (χ2n) is 8.03. The number of rotatable bonds is 8. The lowest BCUT2D eigenvalue weighted by molar-refractivity contribution is 0.131. The van der Waals surface area contributed by atoms with Crippen molar-refractivity contribution in [2.45, 2.75) is 27.1 Å². The number of benzene rings is 4. The lowest BCUT2D eigenvalue weighted by atomic mass is 10.0. The summed E-state index contributed by atoms with van der Waals surface area (Å²) in [5.41, 5.74) is 4.70. The van der Waals surface area contributed by atoms with E-state index in [1.165, 1.54) is 18.2 Å². The van der Waals surface area contributed by atoms with E-state index in [4.69, 9.17) is 9.47 Å². The van der Waals surface area contributed by atoms with Crippen LogP contribution in [0.3, 0.4) is 0 Å². The second-order valence-corrected chi connectivity index (χ2v) is 8.03. The van der Waals surface area contributed by atoms with Crippen LogP contribution in [0.5, 0.6) is 5.75 Å². The highest BCUT2D eigenvalue weighted by Crippen LogP contribution is 2.31. The first-order valence-electron chi connectivity index (χ1n) is 11.1. The summed E-state index contributed by atoms with van der Waals surface area (Å²) in [6.07, 6.45) is 0. The number of hydrogen-bond donors (Lipinski definition) is 0. The molecule has 174 valence electrons. The molecule has 0 heterocycles. The predicted octanol–water partition coefficient (Wildman–Crippen LogP) is 7.86. The molecule has 0 atom stereocenters. The van der Waals surface area contributed by atoms with Gasteiger partial charge < -0.3 is 9.47 Å². The van der Waals surface area contributed by atoms with Crippen molar-refractivity contribution in [3.63, 3.8) is 0 Å².